The van der Waals surface area contributed by atoms with E-state index in [1.54, 1.807) is 25.1 Å². The first-order valence-electron chi connectivity index (χ1n) is 8.67. The number of nitrogens with zero attached hydrogens (tertiary/aromatic N) is 1. The molecule has 0 spiro atoms. The molecule has 7 heteroatoms. The van der Waals surface area contributed by atoms with Crippen LogP contribution in [-0.4, -0.2) is 39.9 Å². The molecule has 7 nitrogen and oxygen atoms in total. The van der Waals surface area contributed by atoms with Crippen LogP contribution in [0.15, 0.2) is 42.5 Å². The van der Waals surface area contributed by atoms with Crippen LogP contribution < -0.4 is 10.1 Å². The van der Waals surface area contributed by atoms with Crippen molar-refractivity contribution >= 4 is 23.5 Å². The molecule has 2 heterocycles. The SMILES string of the molecule is C[C@H]1Oc2c(cccc2C(=O)N2Cc3ccccc3C[C@@H]2C(=O)O)NC1=O. The zero-order valence-corrected chi connectivity index (χ0v) is 14.6. The summed E-state index contributed by atoms with van der Waals surface area (Å²) in [5.41, 5.74) is 2.51. The maximum absolute atomic E-state index is 13.3. The Hall–Kier alpha value is -3.35. The van der Waals surface area contributed by atoms with Gasteiger partial charge in [0, 0.05) is 13.0 Å². The highest BCUT2D eigenvalue weighted by atomic mass is 16.5. The average molecular weight is 366 g/mol. The summed E-state index contributed by atoms with van der Waals surface area (Å²) in [4.78, 5) is 38.2. The van der Waals surface area contributed by atoms with Crippen molar-refractivity contribution in [2.45, 2.75) is 32.0 Å². The van der Waals surface area contributed by atoms with E-state index in [9.17, 15) is 19.5 Å². The number of anilines is 1. The smallest absolute Gasteiger partial charge is 0.326 e. The predicted molar refractivity (Wildman–Crippen MR) is 96.6 cm³/mol. The number of rotatable bonds is 2. The lowest BCUT2D eigenvalue weighted by atomic mass is 9.93. The molecule has 0 aliphatic carbocycles. The van der Waals surface area contributed by atoms with Gasteiger partial charge in [0.25, 0.3) is 11.8 Å². The number of fused-ring (bicyclic) bond motifs is 2. The molecule has 2 amide bonds. The first-order chi connectivity index (χ1) is 13.0. The minimum absolute atomic E-state index is 0.206. The van der Waals surface area contributed by atoms with Crippen LogP contribution in [0.2, 0.25) is 0 Å². The van der Waals surface area contributed by atoms with Crippen LogP contribution in [0.1, 0.15) is 28.4 Å². The van der Waals surface area contributed by atoms with Gasteiger partial charge in [0.05, 0.1) is 11.3 Å². The van der Waals surface area contributed by atoms with E-state index in [0.717, 1.165) is 11.1 Å². The zero-order chi connectivity index (χ0) is 19.1. The van der Waals surface area contributed by atoms with Crippen LogP contribution >= 0.6 is 0 Å². The summed E-state index contributed by atoms with van der Waals surface area (Å²) < 4.78 is 5.65. The van der Waals surface area contributed by atoms with Crippen molar-refractivity contribution in [3.63, 3.8) is 0 Å². The highest BCUT2D eigenvalue weighted by Gasteiger charge is 2.37. The molecule has 0 saturated carbocycles. The van der Waals surface area contributed by atoms with Crippen molar-refractivity contribution in [2.24, 2.45) is 0 Å². The number of para-hydroxylation sites is 1. The molecule has 0 radical (unpaired) electrons. The summed E-state index contributed by atoms with van der Waals surface area (Å²) in [6, 6.07) is 11.4. The second kappa shape index (κ2) is 6.42. The van der Waals surface area contributed by atoms with E-state index < -0.39 is 24.0 Å². The number of carboxylic acid groups (broad SMARTS) is 1. The van der Waals surface area contributed by atoms with Gasteiger partial charge < -0.3 is 20.1 Å². The predicted octanol–water partition coefficient (Wildman–Crippen LogP) is 2.06. The molecule has 0 saturated heterocycles. The van der Waals surface area contributed by atoms with Crippen molar-refractivity contribution in [1.29, 1.82) is 0 Å². The van der Waals surface area contributed by atoms with Gasteiger partial charge >= 0.3 is 5.97 Å². The highest BCUT2D eigenvalue weighted by molar-refractivity contribution is 6.04. The molecule has 2 atom stereocenters. The van der Waals surface area contributed by atoms with Crippen LogP contribution in [0, 0.1) is 0 Å². The Balaban J connectivity index is 1.73. The van der Waals surface area contributed by atoms with Gasteiger partial charge in [-0.25, -0.2) is 4.79 Å². The van der Waals surface area contributed by atoms with E-state index in [1.807, 2.05) is 24.3 Å². The molecule has 0 aromatic heterocycles. The molecule has 138 valence electrons. The van der Waals surface area contributed by atoms with E-state index >= 15 is 0 Å². The van der Waals surface area contributed by atoms with Crippen molar-refractivity contribution in [3.05, 3.63) is 59.2 Å². The number of carbonyl (C=O) groups excluding carboxylic acids is 2. The Kier molecular flexibility index (Phi) is 4.07. The van der Waals surface area contributed by atoms with Crippen LogP contribution in [0.4, 0.5) is 5.69 Å². The fraction of sp³-hybridized carbons (Fsp3) is 0.250. The lowest BCUT2D eigenvalue weighted by Crippen LogP contribution is -2.49. The van der Waals surface area contributed by atoms with Gasteiger partial charge in [0.1, 0.15) is 6.04 Å². The number of amides is 2. The lowest BCUT2D eigenvalue weighted by molar-refractivity contribution is -0.142. The number of hydrogen-bond acceptors (Lipinski definition) is 4. The van der Waals surface area contributed by atoms with Crippen LogP contribution in [0.5, 0.6) is 5.75 Å². The summed E-state index contributed by atoms with van der Waals surface area (Å²) in [6.45, 7) is 1.80. The van der Waals surface area contributed by atoms with Gasteiger partial charge in [-0.15, -0.1) is 0 Å². The van der Waals surface area contributed by atoms with E-state index in [2.05, 4.69) is 5.32 Å². The number of hydrogen-bond donors (Lipinski definition) is 2. The summed E-state index contributed by atoms with van der Waals surface area (Å²) >= 11 is 0. The summed E-state index contributed by atoms with van der Waals surface area (Å²) in [7, 11) is 0. The molecule has 2 aromatic carbocycles. The summed E-state index contributed by atoms with van der Waals surface area (Å²) in [5, 5.41) is 12.4. The Morgan fingerprint density at radius 1 is 1.15 bits per heavy atom. The fourth-order valence-electron chi connectivity index (χ4n) is 3.51. The largest absolute Gasteiger partial charge is 0.480 e. The molecule has 2 aromatic rings. The Labute approximate surface area is 155 Å². The van der Waals surface area contributed by atoms with Crippen molar-refractivity contribution in [3.8, 4) is 5.75 Å². The van der Waals surface area contributed by atoms with Gasteiger partial charge in [0.2, 0.25) is 0 Å². The fourth-order valence-corrected chi connectivity index (χ4v) is 3.51. The quantitative estimate of drug-likeness (QED) is 0.848. The first-order valence-corrected chi connectivity index (χ1v) is 8.67. The summed E-state index contributed by atoms with van der Waals surface area (Å²) in [6.07, 6.45) is -0.482. The van der Waals surface area contributed by atoms with Crippen LogP contribution in [0.3, 0.4) is 0 Å². The minimum atomic E-state index is -1.05. The van der Waals surface area contributed by atoms with Gasteiger partial charge in [-0.05, 0) is 30.2 Å². The number of carbonyl (C=O) groups is 3. The second-order valence-electron chi connectivity index (χ2n) is 6.69. The number of nitrogens with one attached hydrogen (secondary N) is 1. The number of benzene rings is 2. The molecule has 0 unspecified atom stereocenters. The standard InChI is InChI=1S/C20H18N2O5/c1-11-18(23)21-15-8-4-7-14(17(15)27-11)19(24)22-10-13-6-3-2-5-12(13)9-16(22)20(25)26/h2-8,11,16H,9-10H2,1H3,(H,21,23)(H,25,26)/t11-,16-/m1/s1. The number of aliphatic carboxylic acids is 1. The number of ether oxygens (including phenoxy) is 1. The molecule has 27 heavy (non-hydrogen) atoms. The minimum Gasteiger partial charge on any atom is -0.480 e. The van der Waals surface area contributed by atoms with E-state index in [4.69, 9.17) is 4.74 Å². The summed E-state index contributed by atoms with van der Waals surface area (Å²) in [5.74, 6) is -1.50. The maximum atomic E-state index is 13.3. The third-order valence-corrected chi connectivity index (χ3v) is 4.96. The van der Waals surface area contributed by atoms with Gasteiger partial charge in [-0.1, -0.05) is 30.3 Å². The third-order valence-electron chi connectivity index (χ3n) is 4.96. The highest BCUT2D eigenvalue weighted by Crippen LogP contribution is 2.35. The molecule has 0 bridgehead atoms. The molecule has 4 rings (SSSR count). The van der Waals surface area contributed by atoms with E-state index in [-0.39, 0.29) is 30.2 Å². The van der Waals surface area contributed by atoms with Crippen LogP contribution in [-0.2, 0) is 22.6 Å². The Morgan fingerprint density at radius 3 is 2.63 bits per heavy atom. The Bertz CT molecular complexity index is 955. The van der Waals surface area contributed by atoms with E-state index in [1.165, 1.54) is 4.90 Å². The second-order valence-corrected chi connectivity index (χ2v) is 6.69. The average Bonchev–Trinajstić information content (AvgIpc) is 2.67. The Morgan fingerprint density at radius 2 is 1.89 bits per heavy atom. The van der Waals surface area contributed by atoms with Crippen molar-refractivity contribution in [2.75, 3.05) is 5.32 Å². The maximum Gasteiger partial charge on any atom is 0.326 e. The molecule has 2 aliphatic heterocycles. The number of carboxylic acids is 1. The monoisotopic (exact) mass is 366 g/mol. The van der Waals surface area contributed by atoms with Gasteiger partial charge in [0.15, 0.2) is 11.9 Å². The van der Waals surface area contributed by atoms with Gasteiger partial charge in [-0.3, -0.25) is 9.59 Å². The normalized spacial score (nSPS) is 20.8. The molecular weight excluding hydrogens is 348 g/mol. The van der Waals surface area contributed by atoms with E-state index in [0.29, 0.717) is 5.69 Å². The third kappa shape index (κ3) is 2.91. The topological polar surface area (TPSA) is 95.9 Å². The molecule has 0 fully saturated rings. The molecule has 2 aliphatic rings. The molecular formula is C20H18N2O5. The van der Waals surface area contributed by atoms with Crippen molar-refractivity contribution < 1.29 is 24.2 Å². The lowest BCUT2D eigenvalue weighted by Gasteiger charge is -2.35. The van der Waals surface area contributed by atoms with Crippen LogP contribution in [0.25, 0.3) is 0 Å². The van der Waals surface area contributed by atoms with Crippen molar-refractivity contribution in [1.82, 2.24) is 4.90 Å². The van der Waals surface area contributed by atoms with Gasteiger partial charge in [-0.2, -0.15) is 0 Å². The first kappa shape index (κ1) is 17.1. The zero-order valence-electron chi connectivity index (χ0n) is 14.6. The molecule has 2 N–H and O–H groups in total.